The molecule has 1 heterocycles. The summed E-state index contributed by atoms with van der Waals surface area (Å²) in [5.74, 6) is 2.87. The molecule has 0 spiro atoms. The van der Waals surface area contributed by atoms with Crippen molar-refractivity contribution in [3.8, 4) is 0 Å². The van der Waals surface area contributed by atoms with Gasteiger partial charge in [0, 0.05) is 28.7 Å². The lowest BCUT2D eigenvalue weighted by molar-refractivity contribution is -0.117. The molecule has 2 bridgehead atoms. The maximum Gasteiger partial charge on any atom is 0.225 e. The summed E-state index contributed by atoms with van der Waals surface area (Å²) >= 11 is 12.1. The SMILES string of the molecule is O=C(C[C@@H]1C[C@H]2CC[C@H]1C2)Nc1ccn(Cc2ccc(Cl)cc2Cl)n1. The molecule has 0 saturated heterocycles. The third-order valence-electron chi connectivity index (χ3n) is 5.59. The molecule has 0 radical (unpaired) electrons. The third kappa shape index (κ3) is 3.85. The number of rotatable bonds is 5. The molecule has 1 amide bonds. The van der Waals surface area contributed by atoms with Gasteiger partial charge in [-0.2, -0.15) is 5.10 Å². The van der Waals surface area contributed by atoms with Crippen molar-refractivity contribution in [3.05, 3.63) is 46.1 Å². The minimum atomic E-state index is 0.0762. The highest BCUT2D eigenvalue weighted by molar-refractivity contribution is 6.35. The van der Waals surface area contributed by atoms with Crippen molar-refractivity contribution >= 4 is 34.9 Å². The Morgan fingerprint density at radius 3 is 2.84 bits per heavy atom. The first kappa shape index (κ1) is 16.9. The fourth-order valence-electron chi connectivity index (χ4n) is 4.40. The monoisotopic (exact) mass is 377 g/mol. The summed E-state index contributed by atoms with van der Waals surface area (Å²) in [4.78, 5) is 12.3. The van der Waals surface area contributed by atoms with Gasteiger partial charge in [-0.25, -0.2) is 0 Å². The Morgan fingerprint density at radius 2 is 2.12 bits per heavy atom. The summed E-state index contributed by atoms with van der Waals surface area (Å²) in [6.45, 7) is 0.540. The molecule has 6 heteroatoms. The fourth-order valence-corrected chi connectivity index (χ4v) is 4.87. The first-order chi connectivity index (χ1) is 12.1. The van der Waals surface area contributed by atoms with Crippen molar-refractivity contribution in [1.82, 2.24) is 9.78 Å². The first-order valence-corrected chi connectivity index (χ1v) is 9.59. The number of amides is 1. The summed E-state index contributed by atoms with van der Waals surface area (Å²) in [5, 5.41) is 8.59. The van der Waals surface area contributed by atoms with Gasteiger partial charge in [-0.15, -0.1) is 0 Å². The van der Waals surface area contributed by atoms with Crippen LogP contribution in [0.2, 0.25) is 10.0 Å². The van der Waals surface area contributed by atoms with E-state index in [1.807, 2.05) is 24.4 Å². The topological polar surface area (TPSA) is 46.9 Å². The van der Waals surface area contributed by atoms with Crippen LogP contribution in [0.4, 0.5) is 5.82 Å². The number of halogens is 2. The Kier molecular flexibility index (Phi) is 4.74. The van der Waals surface area contributed by atoms with Crippen LogP contribution in [-0.4, -0.2) is 15.7 Å². The van der Waals surface area contributed by atoms with Gasteiger partial charge in [0.1, 0.15) is 0 Å². The van der Waals surface area contributed by atoms with Crippen LogP contribution in [0.3, 0.4) is 0 Å². The molecule has 2 fully saturated rings. The predicted molar refractivity (Wildman–Crippen MR) is 100.0 cm³/mol. The van der Waals surface area contributed by atoms with E-state index in [0.717, 1.165) is 17.4 Å². The van der Waals surface area contributed by atoms with Gasteiger partial charge < -0.3 is 5.32 Å². The Hall–Kier alpha value is -1.52. The molecule has 1 aromatic carbocycles. The average molecular weight is 378 g/mol. The molecule has 1 aromatic heterocycles. The van der Waals surface area contributed by atoms with Crippen LogP contribution in [0.1, 0.15) is 37.7 Å². The first-order valence-electron chi connectivity index (χ1n) is 8.84. The zero-order valence-electron chi connectivity index (χ0n) is 13.9. The van der Waals surface area contributed by atoms with Crippen molar-refractivity contribution in [1.29, 1.82) is 0 Å². The molecule has 2 aliphatic carbocycles. The number of fused-ring (bicyclic) bond motifs is 2. The van der Waals surface area contributed by atoms with E-state index in [-0.39, 0.29) is 5.91 Å². The summed E-state index contributed by atoms with van der Waals surface area (Å²) in [6.07, 6.45) is 7.69. The highest BCUT2D eigenvalue weighted by Crippen LogP contribution is 2.49. The minimum Gasteiger partial charge on any atom is -0.309 e. The van der Waals surface area contributed by atoms with Crippen LogP contribution in [0.25, 0.3) is 0 Å². The molecule has 4 rings (SSSR count). The second-order valence-electron chi connectivity index (χ2n) is 7.32. The zero-order chi connectivity index (χ0) is 17.4. The molecule has 0 aliphatic heterocycles. The standard InChI is InChI=1S/C19H21Cl2N3O/c20-16-4-3-14(17(21)10-16)11-24-6-5-18(23-24)22-19(25)9-15-8-12-1-2-13(15)7-12/h3-6,10,12-13,15H,1-2,7-9,11H2,(H,22,23,25)/t12-,13-,15-/m0/s1. The second-order valence-corrected chi connectivity index (χ2v) is 8.17. The number of anilines is 1. The molecule has 0 unspecified atom stereocenters. The predicted octanol–water partition coefficient (Wildman–Crippen LogP) is 5.00. The van der Waals surface area contributed by atoms with Crippen molar-refractivity contribution in [3.63, 3.8) is 0 Å². The van der Waals surface area contributed by atoms with Gasteiger partial charge in [-0.1, -0.05) is 35.7 Å². The number of hydrogen-bond acceptors (Lipinski definition) is 2. The van der Waals surface area contributed by atoms with Crippen LogP contribution < -0.4 is 5.32 Å². The summed E-state index contributed by atoms with van der Waals surface area (Å²) in [6, 6.07) is 7.24. The van der Waals surface area contributed by atoms with Gasteiger partial charge in [0.25, 0.3) is 0 Å². The van der Waals surface area contributed by atoms with E-state index in [4.69, 9.17) is 23.2 Å². The van der Waals surface area contributed by atoms with E-state index >= 15 is 0 Å². The quantitative estimate of drug-likeness (QED) is 0.796. The Morgan fingerprint density at radius 1 is 1.24 bits per heavy atom. The van der Waals surface area contributed by atoms with E-state index in [1.165, 1.54) is 25.7 Å². The largest absolute Gasteiger partial charge is 0.309 e. The van der Waals surface area contributed by atoms with E-state index in [2.05, 4.69) is 10.4 Å². The molecule has 1 N–H and O–H groups in total. The van der Waals surface area contributed by atoms with Crippen LogP contribution in [-0.2, 0) is 11.3 Å². The molecular weight excluding hydrogens is 357 g/mol. The molecule has 2 saturated carbocycles. The van der Waals surface area contributed by atoms with Crippen molar-refractivity contribution < 1.29 is 4.79 Å². The maximum absolute atomic E-state index is 12.3. The summed E-state index contributed by atoms with van der Waals surface area (Å²) < 4.78 is 1.77. The molecular formula is C19H21Cl2N3O. The highest BCUT2D eigenvalue weighted by atomic mass is 35.5. The van der Waals surface area contributed by atoms with Gasteiger partial charge in [0.2, 0.25) is 5.91 Å². The third-order valence-corrected chi connectivity index (χ3v) is 6.17. The normalized spacial score (nSPS) is 24.6. The van der Waals surface area contributed by atoms with E-state index < -0.39 is 0 Å². The Balaban J connectivity index is 1.34. The minimum absolute atomic E-state index is 0.0762. The molecule has 132 valence electrons. The highest BCUT2D eigenvalue weighted by Gasteiger charge is 2.40. The van der Waals surface area contributed by atoms with Crippen LogP contribution in [0, 0.1) is 17.8 Å². The molecule has 4 nitrogen and oxygen atoms in total. The molecule has 2 aromatic rings. The molecule has 2 aliphatic rings. The number of nitrogens with zero attached hydrogens (tertiary/aromatic N) is 2. The summed E-state index contributed by atoms with van der Waals surface area (Å²) in [7, 11) is 0. The van der Waals surface area contributed by atoms with Gasteiger partial charge >= 0.3 is 0 Å². The number of aromatic nitrogens is 2. The molecule has 3 atom stereocenters. The van der Waals surface area contributed by atoms with Crippen LogP contribution >= 0.6 is 23.2 Å². The lowest BCUT2D eigenvalue weighted by Crippen LogP contribution is -2.20. The lowest BCUT2D eigenvalue weighted by atomic mass is 9.86. The zero-order valence-corrected chi connectivity index (χ0v) is 15.4. The summed E-state index contributed by atoms with van der Waals surface area (Å²) in [5.41, 5.74) is 0.939. The van der Waals surface area contributed by atoms with Gasteiger partial charge in [-0.05, 0) is 54.7 Å². The van der Waals surface area contributed by atoms with E-state index in [0.29, 0.717) is 34.7 Å². The van der Waals surface area contributed by atoms with Crippen LogP contribution in [0.15, 0.2) is 30.5 Å². The Bertz CT molecular complexity index is 789. The number of benzene rings is 1. The van der Waals surface area contributed by atoms with Gasteiger partial charge in [0.15, 0.2) is 5.82 Å². The average Bonchev–Trinajstić information content (AvgIpc) is 3.27. The van der Waals surface area contributed by atoms with Crippen molar-refractivity contribution in [2.75, 3.05) is 5.32 Å². The number of carbonyl (C=O) groups is 1. The molecule has 25 heavy (non-hydrogen) atoms. The van der Waals surface area contributed by atoms with Crippen molar-refractivity contribution in [2.24, 2.45) is 17.8 Å². The van der Waals surface area contributed by atoms with Crippen LogP contribution in [0.5, 0.6) is 0 Å². The maximum atomic E-state index is 12.3. The smallest absolute Gasteiger partial charge is 0.225 e. The van der Waals surface area contributed by atoms with E-state index in [9.17, 15) is 4.79 Å². The fraction of sp³-hybridized carbons (Fsp3) is 0.474. The lowest BCUT2D eigenvalue weighted by Gasteiger charge is -2.20. The van der Waals surface area contributed by atoms with Crippen molar-refractivity contribution in [2.45, 2.75) is 38.6 Å². The second kappa shape index (κ2) is 7.00. The number of hydrogen-bond donors (Lipinski definition) is 1. The van der Waals surface area contributed by atoms with Gasteiger partial charge in [-0.3, -0.25) is 9.48 Å². The van der Waals surface area contributed by atoms with E-state index in [1.54, 1.807) is 10.7 Å². The number of nitrogens with one attached hydrogen (secondary N) is 1. The number of carbonyl (C=O) groups excluding carboxylic acids is 1. The van der Waals surface area contributed by atoms with Gasteiger partial charge in [0.05, 0.1) is 6.54 Å². The Labute approximate surface area is 157 Å².